The van der Waals surface area contributed by atoms with E-state index in [4.69, 9.17) is 4.74 Å². The molecule has 17 heteroatoms. The fourth-order valence-corrected chi connectivity index (χ4v) is 35.0. The van der Waals surface area contributed by atoms with E-state index in [2.05, 4.69) is 261 Å². The molecule has 0 aromatic heterocycles. The molecule has 20 aliphatic carbocycles. The van der Waals surface area contributed by atoms with Gasteiger partial charge in [-0.05, 0) is 360 Å². The average molecular weight is 1940 g/mol. The summed E-state index contributed by atoms with van der Waals surface area (Å²) in [7, 11) is 4.10. The maximum absolute atomic E-state index is 13.2. The van der Waals surface area contributed by atoms with Gasteiger partial charge in [0.25, 0.3) is 0 Å². The van der Waals surface area contributed by atoms with Crippen LogP contribution in [0.15, 0.2) is 206 Å². The van der Waals surface area contributed by atoms with Crippen LogP contribution in [0, 0.1) is 154 Å². The monoisotopic (exact) mass is 1930 g/mol. The average Bonchev–Trinajstić information content (AvgIpc) is 0.725. The van der Waals surface area contributed by atoms with E-state index in [-0.39, 0.29) is 68.9 Å². The van der Waals surface area contributed by atoms with Crippen LogP contribution < -0.4 is 31.3 Å². The van der Waals surface area contributed by atoms with Gasteiger partial charge < -0.3 is 41.0 Å². The van der Waals surface area contributed by atoms with Crippen LogP contribution in [-0.4, -0.2) is 119 Å². The molecule has 20 bridgehead atoms. The standard InChI is InChI=1S/C27H30F3NO2.C26H38N2O2.C26H31NO.C23H34N2O.C23H33NO/c1-17-19-11-22-13-20(17)14-23(12-19)26(22,21-7-3-2-4-8-21)15-25(32)31-16-18-6-5-9-24(10-18)33-27(28,29)30;1-19-20-14-23-16-21(19)17-24(15-20)26(23,22-6-3-2-4-7-22)18-25(29)27-8-5-9-28-10-12-30-13-11-28;1-18-20-12-23-14-21(18)15-24(13-20)26(23,22-10-6-3-7-11-22)16-25(28)27-17-19-8-4-2-5-9-19;1-16-17-11-20-13-18(16)14-21(12-17)23(20,19-7-5-4-6-8-19)15-22(26)24-9-10-25(2)3;1-15(2)14-24-22(25)13-23(19-7-5-4-6-8-19)20-9-17-10-21(23)12-18(11-20)16(17)3/h2-10,17,19-20,22-23H,11-16H2,1H3,(H,31,32);2-4,6-7,19-21,23-24H,5,8-18H2,1H3,(H,27,29);2-11,18,20-21,23-24H,12-17H2,1H3,(H,27,28);4-8,16-18,20-21H,9-15H2,1-3H3,(H,24,26);4-8,15-18,20-21H,9-14H2,1-3H3,(H,24,25). The van der Waals surface area contributed by atoms with Crippen molar-refractivity contribution in [3.63, 3.8) is 0 Å². The van der Waals surface area contributed by atoms with Crippen molar-refractivity contribution >= 4 is 29.5 Å². The molecule has 0 atom stereocenters. The fraction of sp³-hybridized carbons (Fsp3) is 0.624. The van der Waals surface area contributed by atoms with Gasteiger partial charge in [0.05, 0.1) is 13.2 Å². The van der Waals surface area contributed by atoms with E-state index in [1.807, 2.05) is 24.3 Å². The van der Waals surface area contributed by atoms with Crippen molar-refractivity contribution in [1.29, 1.82) is 0 Å². The number of halogens is 3. The second-order valence-corrected chi connectivity index (χ2v) is 49.2. The molecule has 0 radical (unpaired) electrons. The zero-order valence-corrected chi connectivity index (χ0v) is 86.7. The molecule has 28 rings (SSSR count). The maximum Gasteiger partial charge on any atom is 0.573 e. The Hall–Kier alpha value is -8.64. The van der Waals surface area contributed by atoms with Crippen molar-refractivity contribution in [2.24, 2.45) is 154 Å². The Morgan fingerprint density at radius 3 is 0.880 bits per heavy atom. The second-order valence-electron chi connectivity index (χ2n) is 49.2. The van der Waals surface area contributed by atoms with E-state index in [1.165, 1.54) is 180 Å². The molecule has 142 heavy (non-hydrogen) atoms. The molecule has 5 amide bonds. The Kier molecular flexibility index (Phi) is 31.5. The molecule has 21 fully saturated rings. The number of amides is 5. The number of hydrogen-bond acceptors (Lipinski definition) is 9. The van der Waals surface area contributed by atoms with Gasteiger partial charge in [-0.1, -0.05) is 243 Å². The molecule has 764 valence electrons. The minimum absolute atomic E-state index is 0.0369. The molecule has 1 heterocycles. The molecule has 1 saturated heterocycles. The molecule has 7 aromatic carbocycles. The summed E-state index contributed by atoms with van der Waals surface area (Å²) in [4.78, 5) is 69.9. The number of nitrogens with zero attached hydrogens (tertiary/aromatic N) is 2. The zero-order chi connectivity index (χ0) is 98.8. The lowest BCUT2D eigenvalue weighted by Gasteiger charge is -2.63. The quantitative estimate of drug-likeness (QED) is 0.0286. The molecule has 0 spiro atoms. The van der Waals surface area contributed by atoms with E-state index in [0.717, 1.165) is 154 Å². The summed E-state index contributed by atoms with van der Waals surface area (Å²) >= 11 is 0. The Balaban J connectivity index is 0.000000113. The third-order valence-electron chi connectivity index (χ3n) is 41.9. The van der Waals surface area contributed by atoms with Crippen LogP contribution in [0.5, 0.6) is 5.75 Å². The Morgan fingerprint density at radius 2 is 0.606 bits per heavy atom. The molecular formula is C125H166F3N7O7. The van der Waals surface area contributed by atoms with Gasteiger partial charge in [0.1, 0.15) is 5.75 Å². The van der Waals surface area contributed by atoms with Crippen molar-refractivity contribution in [1.82, 2.24) is 36.4 Å². The first-order chi connectivity index (χ1) is 68.6. The van der Waals surface area contributed by atoms with Gasteiger partial charge in [0.2, 0.25) is 29.5 Å². The van der Waals surface area contributed by atoms with Gasteiger partial charge in [-0.15, -0.1) is 13.2 Å². The Morgan fingerprint density at radius 1 is 0.352 bits per heavy atom. The van der Waals surface area contributed by atoms with Gasteiger partial charge in [-0.25, -0.2) is 0 Å². The minimum Gasteiger partial charge on any atom is -0.406 e. The Labute approximate surface area is 847 Å². The first kappa shape index (κ1) is 102. The topological polar surface area (TPSA) is 170 Å². The number of hydrogen-bond donors (Lipinski definition) is 5. The highest BCUT2D eigenvalue weighted by Crippen LogP contribution is 2.72. The van der Waals surface area contributed by atoms with Crippen molar-refractivity contribution < 1.29 is 46.6 Å². The maximum atomic E-state index is 13.2. The third-order valence-corrected chi connectivity index (χ3v) is 41.9. The largest absolute Gasteiger partial charge is 0.573 e. The van der Waals surface area contributed by atoms with Gasteiger partial charge in [0, 0.05) is 112 Å². The number of carbonyl (C=O) groups excluding carboxylic acids is 5. The van der Waals surface area contributed by atoms with E-state index >= 15 is 0 Å². The van der Waals surface area contributed by atoms with Crippen molar-refractivity contribution in [2.45, 2.75) is 262 Å². The van der Waals surface area contributed by atoms with Crippen LogP contribution in [0.25, 0.3) is 0 Å². The predicted molar refractivity (Wildman–Crippen MR) is 559 cm³/mol. The lowest BCUT2D eigenvalue weighted by atomic mass is 9.41. The number of rotatable bonds is 29. The summed E-state index contributed by atoms with van der Waals surface area (Å²) in [6, 6.07) is 70.6. The van der Waals surface area contributed by atoms with Gasteiger partial charge in [-0.2, -0.15) is 0 Å². The number of nitrogens with one attached hydrogen (secondary N) is 5. The SMILES string of the molecule is CC(C)CNC(=O)CC1(c2ccccc2)C2CC3CC1CC(C2)C3C.CC1C2CC3CC1CC(C2)C3(CC(=O)NCCCN1CCOCC1)c1ccccc1.CC1C2CC3CC1CC(C2)C3(CC(=O)NCCN(C)C)c1ccccc1.CC1C2CC3CC1CC(C2)C3(CC(=O)NCc1cccc(OC(F)(F)F)c1)c1ccccc1.CC1C2CC3CC1CC(C2)C3(CC(=O)NCc1ccccc1)c1ccccc1. The van der Waals surface area contributed by atoms with Crippen molar-refractivity contribution in [3.05, 3.63) is 245 Å². The second kappa shape index (κ2) is 43.8. The number of ether oxygens (including phenoxy) is 2. The normalized spacial score (nSPS) is 36.4. The highest BCUT2D eigenvalue weighted by molar-refractivity contribution is 5.81. The summed E-state index contributed by atoms with van der Waals surface area (Å²) in [5.74, 6) is 20.7. The summed E-state index contributed by atoms with van der Waals surface area (Å²) in [6.45, 7) is 25.5. The number of likely N-dealkylation sites (N-methyl/N-ethyl adjacent to an activating group) is 1. The van der Waals surface area contributed by atoms with Crippen LogP contribution in [0.3, 0.4) is 0 Å². The molecule has 1 aliphatic heterocycles. The van der Waals surface area contributed by atoms with E-state index < -0.39 is 6.36 Å². The fourth-order valence-electron chi connectivity index (χ4n) is 35.0. The van der Waals surface area contributed by atoms with E-state index in [9.17, 15) is 37.1 Å². The van der Waals surface area contributed by atoms with E-state index in [1.54, 1.807) is 6.07 Å². The highest BCUT2D eigenvalue weighted by atomic mass is 19.4. The summed E-state index contributed by atoms with van der Waals surface area (Å²) in [5.41, 5.74) is 8.79. The van der Waals surface area contributed by atoms with Crippen molar-refractivity contribution in [3.8, 4) is 5.75 Å². The van der Waals surface area contributed by atoms with Crippen LogP contribution >= 0.6 is 0 Å². The summed E-state index contributed by atoms with van der Waals surface area (Å²) in [6.07, 6.45) is 25.4. The smallest absolute Gasteiger partial charge is 0.406 e. The lowest BCUT2D eigenvalue weighted by molar-refractivity contribution is -0.274. The van der Waals surface area contributed by atoms with Gasteiger partial charge in [0.15, 0.2) is 0 Å². The van der Waals surface area contributed by atoms with Gasteiger partial charge >= 0.3 is 6.36 Å². The zero-order valence-electron chi connectivity index (χ0n) is 86.7. The summed E-state index contributed by atoms with van der Waals surface area (Å²) < 4.78 is 47.0. The molecule has 5 N–H and O–H groups in total. The minimum atomic E-state index is -4.74. The number of benzene rings is 7. The number of morpholine rings is 1. The third kappa shape index (κ3) is 21.1. The molecule has 7 aromatic rings. The molecule has 21 aliphatic rings. The van der Waals surface area contributed by atoms with Crippen molar-refractivity contribution in [2.75, 3.05) is 73.1 Å². The molecule has 0 unspecified atom stereocenters. The number of carbonyl (C=O) groups is 5. The number of alkyl halides is 3. The first-order valence-electron chi connectivity index (χ1n) is 56.0. The van der Waals surface area contributed by atoms with Gasteiger partial charge in [-0.3, -0.25) is 28.9 Å². The van der Waals surface area contributed by atoms with Crippen LogP contribution in [0.1, 0.15) is 254 Å². The van der Waals surface area contributed by atoms with Crippen LogP contribution in [-0.2, 0) is 68.9 Å². The predicted octanol–water partition coefficient (Wildman–Crippen LogP) is 23.9. The summed E-state index contributed by atoms with van der Waals surface area (Å²) in [5, 5.41) is 15.9. The molecule has 20 saturated carbocycles. The highest BCUT2D eigenvalue weighted by Gasteiger charge is 2.66. The lowest BCUT2D eigenvalue weighted by Crippen LogP contribution is -2.59. The van der Waals surface area contributed by atoms with Crippen LogP contribution in [0.4, 0.5) is 13.2 Å². The molecular weight excluding hydrogens is 1770 g/mol. The van der Waals surface area contributed by atoms with Crippen LogP contribution in [0.2, 0.25) is 0 Å². The van der Waals surface area contributed by atoms with E-state index in [0.29, 0.717) is 109 Å². The first-order valence-corrected chi connectivity index (χ1v) is 56.0. The Bertz CT molecular complexity index is 5190. The molecule has 14 nitrogen and oxygen atoms in total.